The fourth-order valence-electron chi connectivity index (χ4n) is 1.81. The average molecular weight is 341 g/mol. The minimum atomic E-state index is -1.07. The lowest BCUT2D eigenvalue weighted by Gasteiger charge is -2.14. The van der Waals surface area contributed by atoms with Gasteiger partial charge in [0.15, 0.2) is 0 Å². The molecule has 1 aliphatic rings. The SMILES string of the molecule is Cc1nc(/C=C2\SC(=S)N(CCCCC(=O)[O-])C2=O)cs1. The number of aryl methyl sites for hydroxylation is 1. The largest absolute Gasteiger partial charge is 0.550 e. The summed E-state index contributed by atoms with van der Waals surface area (Å²) in [6.07, 6.45) is 2.81. The van der Waals surface area contributed by atoms with Crippen LogP contribution in [0.5, 0.6) is 0 Å². The fraction of sp³-hybridized carbons (Fsp3) is 0.385. The summed E-state index contributed by atoms with van der Waals surface area (Å²) in [4.78, 5) is 29.0. The number of hydrogen-bond acceptors (Lipinski definition) is 7. The number of nitrogens with zero attached hydrogens (tertiary/aromatic N) is 2. The first-order chi connectivity index (χ1) is 9.97. The molecule has 5 nitrogen and oxygen atoms in total. The zero-order valence-corrected chi connectivity index (χ0v) is 13.8. The van der Waals surface area contributed by atoms with Crippen molar-refractivity contribution in [2.75, 3.05) is 6.54 Å². The van der Waals surface area contributed by atoms with Crippen LogP contribution in [0.1, 0.15) is 30.0 Å². The third-order valence-electron chi connectivity index (χ3n) is 2.80. The van der Waals surface area contributed by atoms with Crippen molar-refractivity contribution in [3.05, 3.63) is 21.0 Å². The van der Waals surface area contributed by atoms with Crippen molar-refractivity contribution in [3.8, 4) is 0 Å². The van der Waals surface area contributed by atoms with E-state index in [0.29, 0.717) is 28.6 Å². The molecule has 1 aliphatic heterocycles. The number of unbranched alkanes of at least 4 members (excludes halogenated alkanes) is 1. The molecule has 1 fully saturated rings. The molecule has 0 saturated carbocycles. The molecule has 0 N–H and O–H groups in total. The van der Waals surface area contributed by atoms with Gasteiger partial charge in [0.25, 0.3) is 5.91 Å². The lowest BCUT2D eigenvalue weighted by molar-refractivity contribution is -0.305. The summed E-state index contributed by atoms with van der Waals surface area (Å²) >= 11 is 7.98. The molecule has 0 aliphatic carbocycles. The van der Waals surface area contributed by atoms with Crippen LogP contribution in [-0.2, 0) is 9.59 Å². The summed E-state index contributed by atoms with van der Waals surface area (Å²) in [5.41, 5.74) is 0.759. The normalized spacial score (nSPS) is 17.0. The van der Waals surface area contributed by atoms with E-state index in [1.165, 1.54) is 28.0 Å². The molecule has 0 spiro atoms. The first-order valence-electron chi connectivity index (χ1n) is 6.34. The molecule has 1 aromatic heterocycles. The summed E-state index contributed by atoms with van der Waals surface area (Å²) in [6.45, 7) is 2.34. The second kappa shape index (κ2) is 7.15. The van der Waals surface area contributed by atoms with Crippen molar-refractivity contribution in [2.45, 2.75) is 26.2 Å². The second-order valence-electron chi connectivity index (χ2n) is 4.45. The number of carboxylic acids is 1. The Labute approximate surface area is 136 Å². The maximum absolute atomic E-state index is 12.3. The van der Waals surface area contributed by atoms with Crippen molar-refractivity contribution in [3.63, 3.8) is 0 Å². The Morgan fingerprint density at radius 1 is 1.52 bits per heavy atom. The highest BCUT2D eigenvalue weighted by Crippen LogP contribution is 2.32. The predicted octanol–water partition coefficient (Wildman–Crippen LogP) is 1.57. The van der Waals surface area contributed by atoms with Crippen molar-refractivity contribution in [1.29, 1.82) is 0 Å². The minimum Gasteiger partial charge on any atom is -0.550 e. The number of rotatable bonds is 6. The van der Waals surface area contributed by atoms with E-state index in [1.54, 1.807) is 6.08 Å². The quantitative estimate of drug-likeness (QED) is 0.444. The van der Waals surface area contributed by atoms with E-state index in [0.717, 1.165) is 10.7 Å². The lowest BCUT2D eigenvalue weighted by atomic mass is 10.2. The van der Waals surface area contributed by atoms with E-state index >= 15 is 0 Å². The number of thioether (sulfide) groups is 1. The molecule has 0 aromatic carbocycles. The van der Waals surface area contributed by atoms with Crippen molar-refractivity contribution >= 4 is 57.6 Å². The molecule has 1 amide bonds. The van der Waals surface area contributed by atoms with Gasteiger partial charge in [-0.3, -0.25) is 9.69 Å². The van der Waals surface area contributed by atoms with Gasteiger partial charge in [0.05, 0.1) is 15.6 Å². The van der Waals surface area contributed by atoms with Gasteiger partial charge in [-0.25, -0.2) is 4.98 Å². The molecule has 0 bridgehead atoms. The Hall–Kier alpha value is -1.25. The number of aromatic nitrogens is 1. The molecule has 0 unspecified atom stereocenters. The van der Waals surface area contributed by atoms with Crippen LogP contribution >= 0.6 is 35.3 Å². The Kier molecular flexibility index (Phi) is 5.49. The van der Waals surface area contributed by atoms with Gasteiger partial charge in [0.1, 0.15) is 4.32 Å². The molecule has 0 atom stereocenters. The zero-order chi connectivity index (χ0) is 15.4. The molecular weight excluding hydrogens is 328 g/mol. The predicted molar refractivity (Wildman–Crippen MR) is 85.6 cm³/mol. The van der Waals surface area contributed by atoms with Gasteiger partial charge >= 0.3 is 0 Å². The van der Waals surface area contributed by atoms with Gasteiger partial charge in [0.2, 0.25) is 0 Å². The first-order valence-corrected chi connectivity index (χ1v) is 8.45. The van der Waals surface area contributed by atoms with E-state index in [9.17, 15) is 14.7 Å². The monoisotopic (exact) mass is 341 g/mol. The highest BCUT2D eigenvalue weighted by molar-refractivity contribution is 8.26. The Bertz CT molecular complexity index is 610. The third-order valence-corrected chi connectivity index (χ3v) is 4.97. The van der Waals surface area contributed by atoms with Crippen LogP contribution < -0.4 is 5.11 Å². The maximum Gasteiger partial charge on any atom is 0.266 e. The van der Waals surface area contributed by atoms with Gasteiger partial charge in [-0.15, -0.1) is 11.3 Å². The van der Waals surface area contributed by atoms with Crippen LogP contribution in [0.25, 0.3) is 6.08 Å². The van der Waals surface area contributed by atoms with Gasteiger partial charge in [-0.1, -0.05) is 24.0 Å². The fourth-order valence-corrected chi connectivity index (χ4v) is 3.68. The van der Waals surface area contributed by atoms with Gasteiger partial charge in [-0.2, -0.15) is 0 Å². The maximum atomic E-state index is 12.3. The standard InChI is InChI=1S/C13H14N2O3S3/c1-8-14-9(7-20-8)6-10-12(18)15(13(19)21-10)5-3-2-4-11(16)17/h6-7H,2-5H2,1H3,(H,16,17)/p-1/b10-6-. The van der Waals surface area contributed by atoms with Crippen molar-refractivity contribution in [2.24, 2.45) is 0 Å². The topological polar surface area (TPSA) is 73.3 Å². The van der Waals surface area contributed by atoms with E-state index in [4.69, 9.17) is 12.2 Å². The summed E-state index contributed by atoms with van der Waals surface area (Å²) < 4.78 is 0.506. The van der Waals surface area contributed by atoms with E-state index in [2.05, 4.69) is 4.98 Å². The Balaban J connectivity index is 1.96. The lowest BCUT2D eigenvalue weighted by Crippen LogP contribution is -2.29. The van der Waals surface area contributed by atoms with Gasteiger partial charge in [0, 0.05) is 17.9 Å². The molecule has 0 radical (unpaired) electrons. The van der Waals surface area contributed by atoms with Crippen LogP contribution in [0, 0.1) is 6.92 Å². The van der Waals surface area contributed by atoms with E-state index in [-0.39, 0.29) is 12.3 Å². The molecule has 2 rings (SSSR count). The summed E-state index contributed by atoms with van der Waals surface area (Å²) in [6, 6.07) is 0. The molecule has 2 heterocycles. The number of carbonyl (C=O) groups excluding carboxylic acids is 2. The smallest absolute Gasteiger partial charge is 0.266 e. The minimum absolute atomic E-state index is 0.00271. The number of aliphatic carboxylic acids is 1. The molecule has 1 aromatic rings. The summed E-state index contributed by atoms with van der Waals surface area (Å²) in [5, 5.41) is 13.2. The van der Waals surface area contributed by atoms with Crippen LogP contribution in [0.15, 0.2) is 10.3 Å². The van der Waals surface area contributed by atoms with Gasteiger partial charge < -0.3 is 9.90 Å². The summed E-state index contributed by atoms with van der Waals surface area (Å²) in [7, 11) is 0. The molecule has 1 saturated heterocycles. The number of amides is 1. The highest BCUT2D eigenvalue weighted by atomic mass is 32.2. The van der Waals surface area contributed by atoms with E-state index < -0.39 is 5.97 Å². The number of thiocarbonyl (C=S) groups is 1. The number of hydrogen-bond donors (Lipinski definition) is 0. The molecular formula is C13H13N2O3S3-. The van der Waals surface area contributed by atoms with E-state index in [1.807, 2.05) is 12.3 Å². The van der Waals surface area contributed by atoms with Gasteiger partial charge in [-0.05, 0) is 32.3 Å². The number of carboxylic acid groups (broad SMARTS) is 1. The number of carbonyl (C=O) groups is 2. The Morgan fingerprint density at radius 3 is 2.90 bits per heavy atom. The highest BCUT2D eigenvalue weighted by Gasteiger charge is 2.31. The molecule has 112 valence electrons. The van der Waals surface area contributed by atoms with Crippen LogP contribution in [-0.4, -0.2) is 32.6 Å². The van der Waals surface area contributed by atoms with Crippen LogP contribution in [0.4, 0.5) is 0 Å². The van der Waals surface area contributed by atoms with Crippen LogP contribution in [0.2, 0.25) is 0 Å². The zero-order valence-electron chi connectivity index (χ0n) is 11.3. The van der Waals surface area contributed by atoms with Crippen LogP contribution in [0.3, 0.4) is 0 Å². The summed E-state index contributed by atoms with van der Waals surface area (Å²) in [5.74, 6) is -1.21. The number of thiazole rings is 1. The third kappa shape index (κ3) is 4.36. The second-order valence-corrected chi connectivity index (χ2v) is 7.19. The Morgan fingerprint density at radius 2 is 2.29 bits per heavy atom. The van der Waals surface area contributed by atoms with Crippen molar-refractivity contribution in [1.82, 2.24) is 9.88 Å². The van der Waals surface area contributed by atoms with Crippen molar-refractivity contribution < 1.29 is 14.7 Å². The molecule has 21 heavy (non-hydrogen) atoms. The first kappa shape index (κ1) is 16.1. The molecule has 8 heteroatoms. The average Bonchev–Trinajstić information content (AvgIpc) is 2.92.